The van der Waals surface area contributed by atoms with Crippen molar-refractivity contribution in [1.82, 2.24) is 9.88 Å². The number of piperidine rings is 1. The number of hydrogen-bond acceptors (Lipinski definition) is 6. The number of fused-ring (bicyclic) bond motifs is 2. The van der Waals surface area contributed by atoms with Gasteiger partial charge in [0.25, 0.3) is 10.1 Å². The number of aryl methyl sites for hydroxylation is 1. The molecule has 1 amide bonds. The van der Waals surface area contributed by atoms with Crippen molar-refractivity contribution in [2.75, 3.05) is 26.0 Å². The second-order valence-corrected chi connectivity index (χ2v) is 12.8. The first kappa shape index (κ1) is 30.8. The molecule has 8 heteroatoms. The number of rotatable bonds is 6. The number of nitrogens with zero attached hydrogens (tertiary/aromatic N) is 2. The summed E-state index contributed by atoms with van der Waals surface area (Å²) >= 11 is 0. The summed E-state index contributed by atoms with van der Waals surface area (Å²) in [6, 6.07) is 10.7. The lowest BCUT2D eigenvalue weighted by atomic mass is 9.76. The lowest BCUT2D eigenvalue weighted by Crippen LogP contribution is -2.42. The van der Waals surface area contributed by atoms with Crippen LogP contribution in [0, 0.1) is 12.8 Å². The molecule has 2 heterocycles. The Labute approximate surface area is 234 Å². The molecule has 2 aliphatic rings. The zero-order chi connectivity index (χ0) is 28.8. The minimum absolute atomic E-state index is 0.105. The van der Waals surface area contributed by atoms with Crippen molar-refractivity contribution in [3.05, 3.63) is 64.5 Å². The molecule has 0 bridgehead atoms. The van der Waals surface area contributed by atoms with E-state index in [0.717, 1.165) is 35.9 Å². The molecule has 39 heavy (non-hydrogen) atoms. The van der Waals surface area contributed by atoms with Gasteiger partial charge in [0.1, 0.15) is 5.60 Å². The maximum absolute atomic E-state index is 12.7. The molecule has 1 unspecified atom stereocenters. The van der Waals surface area contributed by atoms with Crippen LogP contribution in [0.15, 0.2) is 36.5 Å². The molecular weight excluding hydrogens is 512 g/mol. The predicted octanol–water partition coefficient (Wildman–Crippen LogP) is 6.81. The minimum Gasteiger partial charge on any atom is -0.444 e. The maximum atomic E-state index is 12.7. The molecule has 1 aliphatic heterocycles. The molecule has 0 spiro atoms. The number of allylic oxidation sites excluding steroid dienone is 1. The van der Waals surface area contributed by atoms with Crippen LogP contribution < -0.4 is 0 Å². The number of ether oxygens (including phenoxy) is 1. The second kappa shape index (κ2) is 13.1. The third-order valence-corrected chi connectivity index (χ3v) is 7.53. The van der Waals surface area contributed by atoms with Gasteiger partial charge in [-0.2, -0.15) is 8.42 Å². The molecule has 0 saturated carbocycles. The van der Waals surface area contributed by atoms with Gasteiger partial charge >= 0.3 is 6.09 Å². The minimum atomic E-state index is -3.46. The van der Waals surface area contributed by atoms with Crippen LogP contribution in [-0.4, -0.2) is 55.9 Å². The highest BCUT2D eigenvalue weighted by Crippen LogP contribution is 2.45. The summed E-state index contributed by atoms with van der Waals surface area (Å²) in [6.45, 7) is 13.2. The quantitative estimate of drug-likeness (QED) is 0.287. The van der Waals surface area contributed by atoms with Crippen LogP contribution in [0.1, 0.15) is 94.2 Å². The monoisotopic (exact) mass is 556 g/mol. The third kappa shape index (κ3) is 8.39. The Morgan fingerprint density at radius 3 is 2.46 bits per heavy atom. The Bertz CT molecular complexity index is 1270. The van der Waals surface area contributed by atoms with Crippen LogP contribution >= 0.6 is 0 Å². The number of benzene rings is 1. The summed E-state index contributed by atoms with van der Waals surface area (Å²) in [4.78, 5) is 19.4. The molecule has 1 fully saturated rings. The lowest BCUT2D eigenvalue weighted by molar-refractivity contribution is 0.0178. The van der Waals surface area contributed by atoms with Gasteiger partial charge in [0, 0.05) is 25.2 Å². The van der Waals surface area contributed by atoms with Gasteiger partial charge in [-0.1, -0.05) is 49.8 Å². The van der Waals surface area contributed by atoms with Gasteiger partial charge in [-0.05, 0) is 87.6 Å². The molecule has 0 N–H and O–H groups in total. The van der Waals surface area contributed by atoms with Crippen LogP contribution in [0.2, 0.25) is 0 Å². The first-order valence-electron chi connectivity index (χ1n) is 14.0. The smallest absolute Gasteiger partial charge is 0.410 e. The zero-order valence-electron chi connectivity index (χ0n) is 24.5. The average Bonchev–Trinajstić information content (AvgIpc) is 3.00. The van der Waals surface area contributed by atoms with Gasteiger partial charge < -0.3 is 9.64 Å². The molecule has 1 aromatic carbocycles. The van der Waals surface area contributed by atoms with E-state index in [4.69, 9.17) is 13.9 Å². The molecule has 1 atom stereocenters. The maximum Gasteiger partial charge on any atom is 0.410 e. The van der Waals surface area contributed by atoms with E-state index in [-0.39, 0.29) is 18.6 Å². The topological polar surface area (TPSA) is 85.8 Å². The first-order chi connectivity index (χ1) is 18.4. The van der Waals surface area contributed by atoms with Crippen LogP contribution in [-0.2, 0) is 19.0 Å². The van der Waals surface area contributed by atoms with E-state index < -0.39 is 15.7 Å². The molecule has 1 aromatic heterocycles. The Morgan fingerprint density at radius 1 is 1.13 bits per heavy atom. The van der Waals surface area contributed by atoms with Crippen LogP contribution in [0.3, 0.4) is 0 Å². The molecule has 7 nitrogen and oxygen atoms in total. The van der Waals surface area contributed by atoms with Crippen LogP contribution in [0.5, 0.6) is 0 Å². The Morgan fingerprint density at radius 2 is 1.82 bits per heavy atom. The summed E-state index contributed by atoms with van der Waals surface area (Å²) in [6.07, 6.45) is 7.93. The Hall–Kier alpha value is -2.71. The molecule has 4 rings (SSSR count). The van der Waals surface area contributed by atoms with Crippen molar-refractivity contribution >= 4 is 27.9 Å². The Balaban J connectivity index is 0.00000205. The fourth-order valence-electron chi connectivity index (χ4n) is 5.35. The number of hydrogen-bond donors (Lipinski definition) is 0. The van der Waals surface area contributed by atoms with E-state index >= 15 is 0 Å². The summed E-state index contributed by atoms with van der Waals surface area (Å²) in [5.41, 5.74) is 6.41. The van der Waals surface area contributed by atoms with Gasteiger partial charge in [-0.25, -0.2) is 4.79 Å². The first-order valence-corrected chi connectivity index (χ1v) is 15.8. The lowest BCUT2D eigenvalue weighted by Gasteiger charge is -2.37. The van der Waals surface area contributed by atoms with Gasteiger partial charge in [0.2, 0.25) is 0 Å². The normalized spacial score (nSPS) is 17.7. The second-order valence-electron chi connectivity index (χ2n) is 11.2. The zero-order valence-corrected chi connectivity index (χ0v) is 25.3. The molecule has 214 valence electrons. The van der Waals surface area contributed by atoms with Crippen molar-refractivity contribution in [1.29, 1.82) is 0 Å². The number of amides is 1. The summed E-state index contributed by atoms with van der Waals surface area (Å²) in [5.74, 6) is 0.434. The average molecular weight is 557 g/mol. The predicted molar refractivity (Wildman–Crippen MR) is 157 cm³/mol. The largest absolute Gasteiger partial charge is 0.444 e. The van der Waals surface area contributed by atoms with Crippen molar-refractivity contribution in [2.24, 2.45) is 5.92 Å². The molecule has 0 radical (unpaired) electrons. The Kier molecular flexibility index (Phi) is 10.4. The van der Waals surface area contributed by atoms with Gasteiger partial charge in [0.15, 0.2) is 0 Å². The summed E-state index contributed by atoms with van der Waals surface area (Å²) in [7, 11) is -3.46. The highest BCUT2D eigenvalue weighted by atomic mass is 32.2. The van der Waals surface area contributed by atoms with Crippen molar-refractivity contribution in [3.8, 4) is 0 Å². The van der Waals surface area contributed by atoms with Gasteiger partial charge in [-0.3, -0.25) is 9.17 Å². The molecular formula is C31H44N2O5S. The SMILES string of the molecule is CC.Cc1ccc2c(c1)C=C(CCCOS(C)(=O)=O)c1cccnc1C2C1CCN(C(=O)OC(C)(C)C)CC1. The van der Waals surface area contributed by atoms with E-state index in [9.17, 15) is 13.2 Å². The van der Waals surface area contributed by atoms with E-state index in [2.05, 4.69) is 37.3 Å². The van der Waals surface area contributed by atoms with Gasteiger partial charge in [0.05, 0.1) is 18.6 Å². The standard InChI is InChI=1S/C29H38N2O5S.C2H6/c1-20-10-11-24-23(18-20)19-22(8-7-17-35-37(5,33)34)25-9-6-14-30-27(25)26(24)21-12-15-31(16-13-21)28(32)36-29(2,3)4;1-2/h6,9-11,14,18-19,21,26H,7-8,12-13,15-17H2,1-5H3;1-2H3. The van der Waals surface area contributed by atoms with Crippen LogP contribution in [0.25, 0.3) is 11.6 Å². The number of likely N-dealkylation sites (tertiary alicyclic amines) is 1. The van der Waals surface area contributed by atoms with Crippen molar-refractivity contribution in [2.45, 2.75) is 78.7 Å². The van der Waals surface area contributed by atoms with E-state index in [0.29, 0.717) is 31.8 Å². The summed E-state index contributed by atoms with van der Waals surface area (Å²) in [5, 5.41) is 0. The van der Waals surface area contributed by atoms with E-state index in [1.165, 1.54) is 16.7 Å². The highest BCUT2D eigenvalue weighted by molar-refractivity contribution is 7.85. The van der Waals surface area contributed by atoms with E-state index in [1.807, 2.05) is 51.8 Å². The third-order valence-electron chi connectivity index (χ3n) is 6.94. The highest BCUT2D eigenvalue weighted by Gasteiger charge is 2.36. The fraction of sp³-hybridized carbons (Fsp3) is 0.548. The summed E-state index contributed by atoms with van der Waals surface area (Å²) < 4.78 is 33.4. The van der Waals surface area contributed by atoms with Crippen LogP contribution in [0.4, 0.5) is 4.79 Å². The number of pyridine rings is 1. The van der Waals surface area contributed by atoms with E-state index in [1.54, 1.807) is 0 Å². The number of carbonyl (C=O) groups is 1. The number of aromatic nitrogens is 1. The van der Waals surface area contributed by atoms with Crippen molar-refractivity contribution in [3.63, 3.8) is 0 Å². The fourth-order valence-corrected chi connectivity index (χ4v) is 5.77. The molecule has 2 aromatic rings. The van der Waals surface area contributed by atoms with Crippen molar-refractivity contribution < 1.29 is 22.1 Å². The van der Waals surface area contributed by atoms with Gasteiger partial charge in [-0.15, -0.1) is 0 Å². The molecule has 1 saturated heterocycles. The molecule has 1 aliphatic carbocycles. The number of carbonyl (C=O) groups excluding carboxylic acids is 1.